The molecule has 2 aromatic rings. The number of nitrogens with zero attached hydrogens (tertiary/aromatic N) is 4. The molecule has 2 atom stereocenters. The minimum atomic E-state index is 0.124. The molecule has 0 spiro atoms. The Bertz CT molecular complexity index is 738. The van der Waals surface area contributed by atoms with Crippen LogP contribution in [-0.2, 0) is 4.79 Å². The number of rotatable bonds is 4. The summed E-state index contributed by atoms with van der Waals surface area (Å²) >= 11 is 7.22. The van der Waals surface area contributed by atoms with E-state index in [4.69, 9.17) is 17.4 Å². The molecule has 0 bridgehead atoms. The quantitative estimate of drug-likeness (QED) is 0.652. The zero-order valence-corrected chi connectivity index (χ0v) is 15.9. The lowest BCUT2D eigenvalue weighted by molar-refractivity contribution is -0.130. The van der Waals surface area contributed by atoms with Crippen LogP contribution in [0.5, 0.6) is 0 Å². The van der Waals surface area contributed by atoms with Gasteiger partial charge in [0.2, 0.25) is 11.1 Å². The van der Waals surface area contributed by atoms with Gasteiger partial charge in [-0.05, 0) is 42.5 Å². The van der Waals surface area contributed by atoms with Crippen molar-refractivity contribution in [1.82, 2.24) is 19.8 Å². The Kier molecular flexibility index (Phi) is 5.54. The molecule has 1 aliphatic heterocycles. The first kappa shape index (κ1) is 18.1. The Morgan fingerprint density at radius 3 is 2.52 bits per heavy atom. The largest absolute Gasteiger partial charge is 0.341 e. The maximum absolute atomic E-state index is 12.5. The molecular formula is C17H22ClN5OS. The number of hydrogen-bond acceptors (Lipinski definition) is 5. The molecule has 0 saturated carbocycles. The highest BCUT2D eigenvalue weighted by Gasteiger charge is 2.25. The molecule has 25 heavy (non-hydrogen) atoms. The van der Waals surface area contributed by atoms with Crippen LogP contribution >= 0.6 is 23.4 Å². The lowest BCUT2D eigenvalue weighted by Crippen LogP contribution is -2.43. The van der Waals surface area contributed by atoms with Gasteiger partial charge < -0.3 is 10.7 Å². The van der Waals surface area contributed by atoms with E-state index in [0.717, 1.165) is 18.7 Å². The molecule has 1 fully saturated rings. The molecule has 1 aromatic carbocycles. The number of thioether (sulfide) groups is 1. The molecule has 3 rings (SSSR count). The number of likely N-dealkylation sites (tertiary alicyclic amines) is 1. The summed E-state index contributed by atoms with van der Waals surface area (Å²) in [5.41, 5.74) is 0.830. The second-order valence-corrected chi connectivity index (χ2v) is 8.10. The Morgan fingerprint density at radius 2 is 1.88 bits per heavy atom. The van der Waals surface area contributed by atoms with Gasteiger partial charge in [0, 0.05) is 23.7 Å². The highest BCUT2D eigenvalue weighted by Crippen LogP contribution is 2.25. The van der Waals surface area contributed by atoms with Crippen molar-refractivity contribution in [2.24, 2.45) is 11.8 Å². The molecule has 6 nitrogen and oxygen atoms in total. The standard InChI is InChI=1S/C17H22ClN5OS/c1-11-7-12(2)9-22(8-11)15(24)10-25-17-21-20-16(23(17)19)13-3-5-14(18)6-4-13/h3-6,11-12H,7-10,19H2,1-2H3. The van der Waals surface area contributed by atoms with Crippen LogP contribution < -0.4 is 5.84 Å². The minimum Gasteiger partial charge on any atom is -0.341 e. The Balaban J connectivity index is 1.64. The van der Waals surface area contributed by atoms with E-state index in [0.29, 0.717) is 33.6 Å². The molecule has 1 amide bonds. The van der Waals surface area contributed by atoms with Gasteiger partial charge in [0.25, 0.3) is 0 Å². The third-order valence-corrected chi connectivity index (χ3v) is 5.49. The van der Waals surface area contributed by atoms with E-state index in [1.807, 2.05) is 17.0 Å². The number of amides is 1. The van der Waals surface area contributed by atoms with Crippen LogP contribution in [0.15, 0.2) is 29.4 Å². The van der Waals surface area contributed by atoms with Gasteiger partial charge in [-0.25, -0.2) is 4.68 Å². The zero-order chi connectivity index (χ0) is 18.0. The fraction of sp³-hybridized carbons (Fsp3) is 0.471. The Morgan fingerprint density at radius 1 is 1.24 bits per heavy atom. The second kappa shape index (κ2) is 7.66. The van der Waals surface area contributed by atoms with Gasteiger partial charge in [0.15, 0.2) is 5.82 Å². The van der Waals surface area contributed by atoms with Gasteiger partial charge in [0.05, 0.1) is 5.75 Å². The highest BCUT2D eigenvalue weighted by molar-refractivity contribution is 7.99. The van der Waals surface area contributed by atoms with Gasteiger partial charge in [0.1, 0.15) is 0 Å². The summed E-state index contributed by atoms with van der Waals surface area (Å²) < 4.78 is 1.42. The first-order chi connectivity index (χ1) is 11.9. The summed E-state index contributed by atoms with van der Waals surface area (Å²) in [6.45, 7) is 6.04. The van der Waals surface area contributed by atoms with Crippen LogP contribution in [0.1, 0.15) is 20.3 Å². The smallest absolute Gasteiger partial charge is 0.233 e. The second-order valence-electron chi connectivity index (χ2n) is 6.72. The van der Waals surface area contributed by atoms with Crippen molar-refractivity contribution in [2.45, 2.75) is 25.4 Å². The summed E-state index contributed by atoms with van der Waals surface area (Å²) in [6.07, 6.45) is 1.18. The summed E-state index contributed by atoms with van der Waals surface area (Å²) in [4.78, 5) is 14.4. The summed E-state index contributed by atoms with van der Waals surface area (Å²) in [7, 11) is 0. The summed E-state index contributed by atoms with van der Waals surface area (Å²) in [6, 6.07) is 7.23. The van der Waals surface area contributed by atoms with Crippen LogP contribution in [0.25, 0.3) is 11.4 Å². The van der Waals surface area contributed by atoms with Gasteiger partial charge in [-0.3, -0.25) is 4.79 Å². The number of nitrogen functional groups attached to an aromatic ring is 1. The first-order valence-electron chi connectivity index (χ1n) is 8.31. The van der Waals surface area contributed by atoms with Crippen LogP contribution in [0.4, 0.5) is 0 Å². The molecule has 0 radical (unpaired) electrons. The number of halogens is 1. The number of carbonyl (C=O) groups excluding carboxylic acids is 1. The van der Waals surface area contributed by atoms with Gasteiger partial charge >= 0.3 is 0 Å². The van der Waals surface area contributed by atoms with E-state index in [1.54, 1.807) is 12.1 Å². The third-order valence-electron chi connectivity index (χ3n) is 4.31. The van der Waals surface area contributed by atoms with Crippen molar-refractivity contribution in [3.63, 3.8) is 0 Å². The zero-order valence-electron chi connectivity index (χ0n) is 14.4. The maximum atomic E-state index is 12.5. The number of benzene rings is 1. The van der Waals surface area contributed by atoms with E-state index in [2.05, 4.69) is 24.0 Å². The number of aromatic nitrogens is 3. The summed E-state index contributed by atoms with van der Waals surface area (Å²) in [5, 5.41) is 9.41. The van der Waals surface area contributed by atoms with E-state index < -0.39 is 0 Å². The van der Waals surface area contributed by atoms with Crippen LogP contribution in [0, 0.1) is 11.8 Å². The predicted molar refractivity (Wildman–Crippen MR) is 101 cm³/mol. The predicted octanol–water partition coefficient (Wildman–Crippen LogP) is 2.91. The van der Waals surface area contributed by atoms with Crippen molar-refractivity contribution < 1.29 is 4.79 Å². The molecule has 1 aromatic heterocycles. The van der Waals surface area contributed by atoms with E-state index in [9.17, 15) is 4.79 Å². The van der Waals surface area contributed by atoms with E-state index in [-0.39, 0.29) is 5.91 Å². The SMILES string of the molecule is CC1CC(C)CN(C(=O)CSc2nnc(-c3ccc(Cl)cc3)n2N)C1. The highest BCUT2D eigenvalue weighted by atomic mass is 35.5. The van der Waals surface area contributed by atoms with E-state index in [1.165, 1.54) is 22.9 Å². The Hall–Kier alpha value is -1.73. The van der Waals surface area contributed by atoms with Crippen LogP contribution in [-0.4, -0.2) is 44.5 Å². The molecule has 2 N–H and O–H groups in total. The maximum Gasteiger partial charge on any atom is 0.233 e. The minimum absolute atomic E-state index is 0.124. The molecule has 0 aliphatic carbocycles. The molecule has 2 unspecified atom stereocenters. The van der Waals surface area contributed by atoms with Crippen molar-refractivity contribution in [3.05, 3.63) is 29.3 Å². The number of hydrogen-bond donors (Lipinski definition) is 1. The molecule has 8 heteroatoms. The molecule has 1 saturated heterocycles. The monoisotopic (exact) mass is 379 g/mol. The van der Waals surface area contributed by atoms with Crippen molar-refractivity contribution >= 4 is 29.3 Å². The fourth-order valence-electron chi connectivity index (χ4n) is 3.26. The lowest BCUT2D eigenvalue weighted by atomic mass is 9.92. The lowest BCUT2D eigenvalue weighted by Gasteiger charge is -2.34. The summed E-state index contributed by atoms with van der Waals surface area (Å²) in [5.74, 6) is 8.18. The number of piperidine rings is 1. The van der Waals surface area contributed by atoms with Crippen LogP contribution in [0.3, 0.4) is 0 Å². The van der Waals surface area contributed by atoms with Crippen LogP contribution in [0.2, 0.25) is 5.02 Å². The molecule has 134 valence electrons. The van der Waals surface area contributed by atoms with E-state index >= 15 is 0 Å². The molecule has 2 heterocycles. The average molecular weight is 380 g/mol. The number of nitrogens with two attached hydrogens (primary N) is 1. The first-order valence-corrected chi connectivity index (χ1v) is 9.67. The van der Waals surface area contributed by atoms with Crippen molar-refractivity contribution in [1.29, 1.82) is 0 Å². The topological polar surface area (TPSA) is 77.0 Å². The Labute approximate surface area is 156 Å². The molecule has 1 aliphatic rings. The van der Waals surface area contributed by atoms with Gasteiger partial charge in [-0.15, -0.1) is 10.2 Å². The van der Waals surface area contributed by atoms with Gasteiger partial charge in [-0.1, -0.05) is 37.2 Å². The average Bonchev–Trinajstić information content (AvgIpc) is 2.93. The molecular weight excluding hydrogens is 358 g/mol. The third kappa shape index (κ3) is 4.27. The fourth-order valence-corrected chi connectivity index (χ4v) is 4.14. The van der Waals surface area contributed by atoms with Gasteiger partial charge in [-0.2, -0.15) is 0 Å². The van der Waals surface area contributed by atoms with Crippen molar-refractivity contribution in [2.75, 3.05) is 24.7 Å². The van der Waals surface area contributed by atoms with Crippen molar-refractivity contribution in [3.8, 4) is 11.4 Å². The number of carbonyl (C=O) groups is 1. The normalized spacial score (nSPS) is 20.7.